The summed E-state index contributed by atoms with van der Waals surface area (Å²) in [7, 11) is 0. The van der Waals surface area contributed by atoms with E-state index in [9.17, 15) is 14.9 Å². The smallest absolute Gasteiger partial charge is 0.270 e. The van der Waals surface area contributed by atoms with Crippen molar-refractivity contribution in [2.24, 2.45) is 5.41 Å². The highest BCUT2D eigenvalue weighted by Gasteiger charge is 2.33. The second-order valence-electron chi connectivity index (χ2n) is 6.18. The molecule has 0 saturated heterocycles. The van der Waals surface area contributed by atoms with Gasteiger partial charge in [0.15, 0.2) is 0 Å². The molecule has 21 heavy (non-hydrogen) atoms. The number of hydrogen-bond acceptors (Lipinski definition) is 3. The minimum atomic E-state index is -0.530. The number of hydrogen-bond donors (Lipinski definition) is 1. The molecule has 1 aliphatic rings. The van der Waals surface area contributed by atoms with Gasteiger partial charge in [-0.2, -0.15) is 0 Å². The van der Waals surface area contributed by atoms with Gasteiger partial charge in [-0.1, -0.05) is 38.3 Å². The Balaban J connectivity index is 2.15. The number of carbonyl (C=O) groups excluding carboxylic acids is 1. The van der Waals surface area contributed by atoms with E-state index in [1.54, 1.807) is 0 Å². The highest BCUT2D eigenvalue weighted by Crippen LogP contribution is 2.35. The maximum Gasteiger partial charge on any atom is 0.270 e. The maximum absolute atomic E-state index is 12.3. The predicted molar refractivity (Wildman–Crippen MR) is 81.6 cm³/mol. The van der Waals surface area contributed by atoms with Crippen molar-refractivity contribution in [3.63, 3.8) is 0 Å². The van der Waals surface area contributed by atoms with Crippen molar-refractivity contribution in [2.75, 3.05) is 0 Å². The fourth-order valence-corrected chi connectivity index (χ4v) is 3.06. The van der Waals surface area contributed by atoms with Crippen molar-refractivity contribution in [3.05, 3.63) is 38.9 Å². The Morgan fingerprint density at radius 1 is 1.43 bits per heavy atom. The van der Waals surface area contributed by atoms with Crippen molar-refractivity contribution in [2.45, 2.75) is 45.6 Å². The summed E-state index contributed by atoms with van der Waals surface area (Å²) in [6.07, 6.45) is 4.30. The summed E-state index contributed by atoms with van der Waals surface area (Å²) in [4.78, 5) is 22.5. The van der Waals surface area contributed by atoms with Crippen molar-refractivity contribution in [1.82, 2.24) is 5.32 Å². The van der Waals surface area contributed by atoms with Crippen molar-refractivity contribution >= 4 is 23.2 Å². The van der Waals surface area contributed by atoms with Crippen LogP contribution in [0.3, 0.4) is 0 Å². The van der Waals surface area contributed by atoms with Gasteiger partial charge < -0.3 is 5.32 Å². The Kier molecular flexibility index (Phi) is 4.52. The summed E-state index contributed by atoms with van der Waals surface area (Å²) in [6, 6.07) is 4.02. The number of non-ortho nitro benzene ring substituents is 1. The van der Waals surface area contributed by atoms with E-state index >= 15 is 0 Å². The minimum Gasteiger partial charge on any atom is -0.349 e. The molecule has 0 spiro atoms. The number of nitro groups is 1. The van der Waals surface area contributed by atoms with Gasteiger partial charge in [0.05, 0.1) is 15.5 Å². The second-order valence-corrected chi connectivity index (χ2v) is 6.59. The van der Waals surface area contributed by atoms with Crippen LogP contribution in [0.15, 0.2) is 18.2 Å². The first-order chi connectivity index (χ1) is 9.81. The molecule has 1 saturated carbocycles. The number of halogens is 1. The molecule has 6 heteroatoms. The Bertz CT molecular complexity index is 572. The predicted octanol–water partition coefficient (Wildman–Crippen LogP) is 3.95. The normalized spacial score (nSPS) is 20.8. The van der Waals surface area contributed by atoms with Gasteiger partial charge in [-0.15, -0.1) is 0 Å². The Labute approximate surface area is 128 Å². The first-order valence-electron chi connectivity index (χ1n) is 7.06. The van der Waals surface area contributed by atoms with Gasteiger partial charge in [0.2, 0.25) is 0 Å². The summed E-state index contributed by atoms with van der Waals surface area (Å²) in [5.41, 5.74) is 0.222. The molecule has 2 rings (SSSR count). The van der Waals surface area contributed by atoms with Crippen LogP contribution in [0.2, 0.25) is 5.02 Å². The van der Waals surface area contributed by atoms with E-state index in [2.05, 4.69) is 19.2 Å². The van der Waals surface area contributed by atoms with Gasteiger partial charge in [0.25, 0.3) is 11.6 Å². The Morgan fingerprint density at radius 2 is 2.14 bits per heavy atom. The summed E-state index contributed by atoms with van der Waals surface area (Å²) in [5, 5.41) is 13.8. The van der Waals surface area contributed by atoms with E-state index in [1.807, 2.05) is 0 Å². The SMILES string of the molecule is CC1(C)CCCCC1NC(=O)c1ccc([N+](=O)[O-])cc1Cl. The zero-order valence-corrected chi connectivity index (χ0v) is 12.9. The summed E-state index contributed by atoms with van der Waals surface area (Å²) < 4.78 is 0. The van der Waals surface area contributed by atoms with Crippen molar-refractivity contribution in [1.29, 1.82) is 0 Å². The first kappa shape index (κ1) is 15.8. The zero-order valence-electron chi connectivity index (χ0n) is 12.2. The van der Waals surface area contributed by atoms with E-state index < -0.39 is 4.92 Å². The van der Waals surface area contributed by atoms with Crippen LogP contribution >= 0.6 is 11.6 Å². The van der Waals surface area contributed by atoms with E-state index in [0.29, 0.717) is 0 Å². The molecule has 0 heterocycles. The average molecular weight is 311 g/mol. The molecular weight excluding hydrogens is 292 g/mol. The van der Waals surface area contributed by atoms with E-state index in [1.165, 1.54) is 24.6 Å². The molecule has 1 atom stereocenters. The molecular formula is C15H19ClN2O3. The lowest BCUT2D eigenvalue weighted by molar-refractivity contribution is -0.384. The number of nitrogens with zero attached hydrogens (tertiary/aromatic N) is 1. The second kappa shape index (κ2) is 6.02. The van der Waals surface area contributed by atoms with Crippen LogP contribution in [0.25, 0.3) is 0 Å². The number of nitrogens with one attached hydrogen (secondary N) is 1. The molecule has 1 fully saturated rings. The lowest BCUT2D eigenvalue weighted by atomic mass is 9.73. The molecule has 114 valence electrons. The van der Waals surface area contributed by atoms with Crippen LogP contribution in [-0.4, -0.2) is 16.9 Å². The standard InChI is InChI=1S/C15H19ClN2O3/c1-15(2)8-4-3-5-13(15)17-14(19)11-7-6-10(18(20)21)9-12(11)16/h6-7,9,13H,3-5,8H2,1-2H3,(H,17,19). The molecule has 1 aromatic carbocycles. The van der Waals surface area contributed by atoms with Gasteiger partial charge in [-0.25, -0.2) is 0 Å². The molecule has 0 aliphatic heterocycles. The largest absolute Gasteiger partial charge is 0.349 e. The number of amides is 1. The van der Waals surface area contributed by atoms with Gasteiger partial charge in [-0.3, -0.25) is 14.9 Å². The highest BCUT2D eigenvalue weighted by atomic mass is 35.5. The third-order valence-electron chi connectivity index (χ3n) is 4.22. The number of rotatable bonds is 3. The lowest BCUT2D eigenvalue weighted by Crippen LogP contribution is -2.46. The van der Waals surface area contributed by atoms with Gasteiger partial charge in [0.1, 0.15) is 0 Å². The minimum absolute atomic E-state index is 0.0567. The topological polar surface area (TPSA) is 72.2 Å². The Hall–Kier alpha value is -1.62. The number of carbonyl (C=O) groups is 1. The molecule has 0 aromatic heterocycles. The van der Waals surface area contributed by atoms with E-state index in [-0.39, 0.29) is 33.6 Å². The van der Waals surface area contributed by atoms with Crippen LogP contribution < -0.4 is 5.32 Å². The number of benzene rings is 1. The average Bonchev–Trinajstić information content (AvgIpc) is 2.40. The molecule has 0 bridgehead atoms. The van der Waals surface area contributed by atoms with Gasteiger partial charge >= 0.3 is 0 Å². The van der Waals surface area contributed by atoms with Crippen LogP contribution in [0.4, 0.5) is 5.69 Å². The van der Waals surface area contributed by atoms with E-state index in [4.69, 9.17) is 11.6 Å². The summed E-state index contributed by atoms with van der Waals surface area (Å²) in [5.74, 6) is -0.269. The van der Waals surface area contributed by atoms with Crippen molar-refractivity contribution in [3.8, 4) is 0 Å². The van der Waals surface area contributed by atoms with Crippen LogP contribution in [0.1, 0.15) is 49.9 Å². The quantitative estimate of drug-likeness (QED) is 0.678. The van der Waals surface area contributed by atoms with Crippen LogP contribution in [0, 0.1) is 15.5 Å². The van der Waals surface area contributed by atoms with Crippen LogP contribution in [-0.2, 0) is 0 Å². The van der Waals surface area contributed by atoms with Crippen molar-refractivity contribution < 1.29 is 9.72 Å². The van der Waals surface area contributed by atoms with E-state index in [0.717, 1.165) is 19.3 Å². The third-order valence-corrected chi connectivity index (χ3v) is 4.53. The summed E-state index contributed by atoms with van der Waals surface area (Å²) >= 11 is 5.99. The fourth-order valence-electron chi connectivity index (χ4n) is 2.80. The fraction of sp³-hybridized carbons (Fsp3) is 0.533. The molecule has 1 aromatic rings. The Morgan fingerprint density at radius 3 is 2.71 bits per heavy atom. The highest BCUT2D eigenvalue weighted by molar-refractivity contribution is 6.34. The monoisotopic (exact) mass is 310 g/mol. The third kappa shape index (κ3) is 3.53. The van der Waals surface area contributed by atoms with Gasteiger partial charge in [0, 0.05) is 18.2 Å². The molecule has 1 unspecified atom stereocenters. The lowest BCUT2D eigenvalue weighted by Gasteiger charge is -2.39. The van der Waals surface area contributed by atoms with Gasteiger partial charge in [-0.05, 0) is 24.3 Å². The summed E-state index contributed by atoms with van der Waals surface area (Å²) in [6.45, 7) is 4.29. The molecule has 0 radical (unpaired) electrons. The molecule has 1 aliphatic carbocycles. The number of nitro benzene ring substituents is 1. The molecule has 1 amide bonds. The first-order valence-corrected chi connectivity index (χ1v) is 7.44. The molecule has 5 nitrogen and oxygen atoms in total. The van der Waals surface area contributed by atoms with Crippen LogP contribution in [0.5, 0.6) is 0 Å². The zero-order chi connectivity index (χ0) is 15.6. The molecule has 1 N–H and O–H groups in total. The maximum atomic E-state index is 12.3.